The minimum atomic E-state index is -3.79. The van der Waals surface area contributed by atoms with Crippen molar-refractivity contribution in [3.05, 3.63) is 64.1 Å². The fraction of sp³-hybridized carbons (Fsp3) is 0.200. The number of hydrogen-bond donors (Lipinski definition) is 0. The molecule has 0 aliphatic carbocycles. The molecule has 6 heteroatoms. The summed E-state index contributed by atoms with van der Waals surface area (Å²) in [5, 5.41) is 1.12. The van der Waals surface area contributed by atoms with Crippen LogP contribution in [0.15, 0.2) is 53.4 Å². The first-order valence-electron chi connectivity index (χ1n) is 6.30. The van der Waals surface area contributed by atoms with Crippen molar-refractivity contribution in [2.75, 3.05) is 0 Å². The first kappa shape index (κ1) is 16.3. The van der Waals surface area contributed by atoms with Crippen molar-refractivity contribution in [3.63, 3.8) is 0 Å². The fourth-order valence-electron chi connectivity index (χ4n) is 1.86. The predicted octanol–water partition coefficient (Wildman–Crippen LogP) is 4.33. The van der Waals surface area contributed by atoms with E-state index in [2.05, 4.69) is 0 Å². The van der Waals surface area contributed by atoms with Crippen molar-refractivity contribution in [3.8, 4) is 0 Å². The second-order valence-corrected chi connectivity index (χ2v) is 7.09. The Labute approximate surface area is 134 Å². The van der Waals surface area contributed by atoms with Crippen molar-refractivity contribution in [2.45, 2.75) is 24.3 Å². The van der Waals surface area contributed by atoms with Gasteiger partial charge in [0.1, 0.15) is 0 Å². The first-order valence-corrected chi connectivity index (χ1v) is 8.46. The fourth-order valence-corrected chi connectivity index (χ4v) is 3.19. The standard InChI is InChI=1S/C15H14Cl2O3S/c1-11(10-12-2-4-13(16)5-3-12)20-21(18,19)15-8-6-14(17)7-9-15/h2-9,11H,10H2,1H3. The van der Waals surface area contributed by atoms with E-state index in [0.717, 1.165) is 5.56 Å². The van der Waals surface area contributed by atoms with Gasteiger partial charge in [-0.3, -0.25) is 4.18 Å². The molecule has 1 atom stereocenters. The normalized spacial score (nSPS) is 13.1. The molecule has 0 amide bonds. The maximum atomic E-state index is 12.1. The Morgan fingerprint density at radius 3 is 1.95 bits per heavy atom. The molecule has 0 radical (unpaired) electrons. The largest absolute Gasteiger partial charge is 0.297 e. The zero-order chi connectivity index (χ0) is 15.5. The summed E-state index contributed by atoms with van der Waals surface area (Å²) in [6, 6.07) is 13.1. The van der Waals surface area contributed by atoms with Gasteiger partial charge < -0.3 is 0 Å². The molecule has 0 saturated carbocycles. The van der Waals surface area contributed by atoms with E-state index in [1.807, 2.05) is 12.1 Å². The van der Waals surface area contributed by atoms with Gasteiger partial charge in [0.05, 0.1) is 11.0 Å². The lowest BCUT2D eigenvalue weighted by Crippen LogP contribution is -2.17. The molecule has 1 unspecified atom stereocenters. The minimum absolute atomic E-state index is 0.0925. The highest BCUT2D eigenvalue weighted by molar-refractivity contribution is 7.86. The van der Waals surface area contributed by atoms with E-state index in [1.165, 1.54) is 24.3 Å². The van der Waals surface area contributed by atoms with Crippen LogP contribution < -0.4 is 0 Å². The van der Waals surface area contributed by atoms with Crippen LogP contribution in [0.2, 0.25) is 10.0 Å². The Hall–Kier alpha value is -1.07. The highest BCUT2D eigenvalue weighted by Gasteiger charge is 2.19. The lowest BCUT2D eigenvalue weighted by atomic mass is 10.1. The molecule has 2 rings (SSSR count). The second kappa shape index (κ2) is 6.79. The van der Waals surface area contributed by atoms with Gasteiger partial charge in [-0.2, -0.15) is 8.42 Å². The molecule has 0 N–H and O–H groups in total. The Morgan fingerprint density at radius 1 is 0.952 bits per heavy atom. The van der Waals surface area contributed by atoms with Gasteiger partial charge >= 0.3 is 0 Å². The van der Waals surface area contributed by atoms with Crippen LogP contribution in [-0.4, -0.2) is 14.5 Å². The Kier molecular flexibility index (Phi) is 5.27. The van der Waals surface area contributed by atoms with E-state index in [-0.39, 0.29) is 4.90 Å². The molecule has 2 aromatic rings. The van der Waals surface area contributed by atoms with Crippen LogP contribution in [0.1, 0.15) is 12.5 Å². The molecule has 0 aliphatic heterocycles. The Morgan fingerprint density at radius 2 is 1.43 bits per heavy atom. The number of hydrogen-bond acceptors (Lipinski definition) is 3. The molecule has 0 bridgehead atoms. The van der Waals surface area contributed by atoms with E-state index in [1.54, 1.807) is 19.1 Å². The summed E-state index contributed by atoms with van der Waals surface area (Å²) < 4.78 is 29.4. The van der Waals surface area contributed by atoms with Crippen molar-refractivity contribution in [2.24, 2.45) is 0 Å². The second-order valence-electron chi connectivity index (χ2n) is 4.65. The van der Waals surface area contributed by atoms with Crippen LogP contribution in [0.3, 0.4) is 0 Å². The summed E-state index contributed by atoms with van der Waals surface area (Å²) in [6.07, 6.45) is -0.00359. The smallest absolute Gasteiger partial charge is 0.263 e. The van der Waals surface area contributed by atoms with Gasteiger partial charge in [-0.15, -0.1) is 0 Å². The highest BCUT2D eigenvalue weighted by atomic mass is 35.5. The lowest BCUT2D eigenvalue weighted by molar-refractivity contribution is 0.229. The summed E-state index contributed by atoms with van der Waals surface area (Å²) in [5.74, 6) is 0. The molecule has 0 heterocycles. The zero-order valence-corrected chi connectivity index (χ0v) is 13.6. The molecule has 0 spiro atoms. The Bertz CT molecular complexity index is 695. The third-order valence-corrected chi connectivity index (χ3v) is 4.77. The van der Waals surface area contributed by atoms with Crippen LogP contribution >= 0.6 is 23.2 Å². The number of halogens is 2. The van der Waals surface area contributed by atoms with Crippen molar-refractivity contribution >= 4 is 33.3 Å². The summed E-state index contributed by atoms with van der Waals surface area (Å²) >= 11 is 11.6. The molecule has 0 aromatic heterocycles. The van der Waals surface area contributed by atoms with Crippen molar-refractivity contribution in [1.82, 2.24) is 0 Å². The number of benzene rings is 2. The van der Waals surface area contributed by atoms with E-state index >= 15 is 0 Å². The van der Waals surface area contributed by atoms with Crippen molar-refractivity contribution < 1.29 is 12.6 Å². The first-order chi connectivity index (χ1) is 9.87. The highest BCUT2D eigenvalue weighted by Crippen LogP contribution is 2.19. The van der Waals surface area contributed by atoms with Crippen LogP contribution in [0.4, 0.5) is 0 Å². The average molecular weight is 345 g/mol. The molecule has 3 nitrogen and oxygen atoms in total. The van der Waals surface area contributed by atoms with Crippen LogP contribution in [-0.2, 0) is 20.7 Å². The van der Waals surface area contributed by atoms with E-state index in [0.29, 0.717) is 16.5 Å². The molecule has 21 heavy (non-hydrogen) atoms. The van der Waals surface area contributed by atoms with E-state index < -0.39 is 16.2 Å². The van der Waals surface area contributed by atoms with Gasteiger partial charge in [0.15, 0.2) is 0 Å². The van der Waals surface area contributed by atoms with Crippen molar-refractivity contribution in [1.29, 1.82) is 0 Å². The summed E-state index contributed by atoms with van der Waals surface area (Å²) in [6.45, 7) is 1.71. The maximum absolute atomic E-state index is 12.1. The van der Waals surface area contributed by atoms with Crippen LogP contribution in [0.5, 0.6) is 0 Å². The third-order valence-electron chi connectivity index (χ3n) is 2.83. The summed E-state index contributed by atoms with van der Waals surface area (Å²) in [7, 11) is -3.79. The topological polar surface area (TPSA) is 43.4 Å². The molecule has 2 aromatic carbocycles. The van der Waals surface area contributed by atoms with Gasteiger partial charge in [0.2, 0.25) is 0 Å². The molecule has 0 aliphatic rings. The molecular weight excluding hydrogens is 331 g/mol. The molecular formula is C15H14Cl2O3S. The molecule has 112 valence electrons. The third kappa shape index (κ3) is 4.71. The van der Waals surface area contributed by atoms with Gasteiger partial charge in [0, 0.05) is 10.0 Å². The minimum Gasteiger partial charge on any atom is -0.263 e. The monoisotopic (exact) mass is 344 g/mol. The lowest BCUT2D eigenvalue weighted by Gasteiger charge is -2.13. The predicted molar refractivity (Wildman–Crippen MR) is 84.3 cm³/mol. The summed E-state index contributed by atoms with van der Waals surface area (Å²) in [4.78, 5) is 0.0925. The van der Waals surface area contributed by atoms with E-state index in [4.69, 9.17) is 27.4 Å². The Balaban J connectivity index is 2.05. The van der Waals surface area contributed by atoms with Crippen LogP contribution in [0, 0.1) is 0 Å². The van der Waals surface area contributed by atoms with Gasteiger partial charge in [-0.1, -0.05) is 35.3 Å². The van der Waals surface area contributed by atoms with Gasteiger partial charge in [-0.05, 0) is 55.3 Å². The summed E-state index contributed by atoms with van der Waals surface area (Å²) in [5.41, 5.74) is 0.957. The van der Waals surface area contributed by atoms with E-state index in [9.17, 15) is 8.42 Å². The molecule has 0 fully saturated rings. The maximum Gasteiger partial charge on any atom is 0.297 e. The quantitative estimate of drug-likeness (QED) is 0.758. The van der Waals surface area contributed by atoms with Crippen LogP contribution in [0.25, 0.3) is 0 Å². The average Bonchev–Trinajstić information content (AvgIpc) is 2.41. The SMILES string of the molecule is CC(Cc1ccc(Cl)cc1)OS(=O)(=O)c1ccc(Cl)cc1. The van der Waals surface area contributed by atoms with Gasteiger partial charge in [-0.25, -0.2) is 0 Å². The zero-order valence-electron chi connectivity index (χ0n) is 11.3. The number of rotatable bonds is 5. The molecule has 0 saturated heterocycles. The van der Waals surface area contributed by atoms with Gasteiger partial charge in [0.25, 0.3) is 10.1 Å².